The summed E-state index contributed by atoms with van der Waals surface area (Å²) in [6, 6.07) is 13.5. The fourth-order valence-corrected chi connectivity index (χ4v) is 3.39. The molecule has 1 aromatic heterocycles. The molecule has 1 heterocycles. The van der Waals surface area contributed by atoms with E-state index >= 15 is 0 Å². The highest BCUT2D eigenvalue weighted by Gasteiger charge is 2.11. The van der Waals surface area contributed by atoms with E-state index in [0.717, 1.165) is 33.1 Å². The van der Waals surface area contributed by atoms with E-state index in [0.29, 0.717) is 5.02 Å². The number of benzene rings is 2. The Hall–Kier alpha value is -2.17. The van der Waals surface area contributed by atoms with Gasteiger partial charge in [-0.05, 0) is 43.2 Å². The van der Waals surface area contributed by atoms with Crippen molar-refractivity contribution in [2.24, 2.45) is 0 Å². The smallest absolute Gasteiger partial charge is 0.230 e. The van der Waals surface area contributed by atoms with E-state index in [2.05, 4.69) is 10.3 Å². The molecule has 2 aromatic carbocycles. The molecular weight excluding hydrogens is 340 g/mol. The van der Waals surface area contributed by atoms with Crippen molar-refractivity contribution in [2.75, 3.05) is 5.32 Å². The minimum Gasteiger partial charge on any atom is -0.325 e. The predicted molar refractivity (Wildman–Crippen MR) is 101 cm³/mol. The molecule has 1 amide bonds. The number of aromatic nitrogens is 1. The lowest BCUT2D eigenvalue weighted by molar-refractivity contribution is -0.115. The second kappa shape index (κ2) is 7.16. The van der Waals surface area contributed by atoms with E-state index in [1.54, 1.807) is 0 Å². The van der Waals surface area contributed by atoms with E-state index in [1.807, 2.05) is 61.7 Å². The van der Waals surface area contributed by atoms with Crippen LogP contribution in [0.5, 0.6) is 0 Å². The molecule has 3 rings (SSSR count). The summed E-state index contributed by atoms with van der Waals surface area (Å²) in [7, 11) is 0. The molecule has 122 valence electrons. The first-order valence-corrected chi connectivity index (χ1v) is 8.85. The van der Waals surface area contributed by atoms with Gasteiger partial charge in [-0.2, -0.15) is 0 Å². The lowest BCUT2D eigenvalue weighted by atomic mass is 10.1. The molecule has 0 fully saturated rings. The number of hydrogen-bond donors (Lipinski definition) is 1. The number of amides is 1. The average molecular weight is 357 g/mol. The van der Waals surface area contributed by atoms with Crippen LogP contribution in [-0.4, -0.2) is 10.9 Å². The van der Waals surface area contributed by atoms with Gasteiger partial charge in [-0.1, -0.05) is 35.9 Å². The molecular formula is C19H17ClN2OS. The Bertz CT molecular complexity index is 889. The van der Waals surface area contributed by atoms with Gasteiger partial charge in [0.15, 0.2) is 0 Å². The first kappa shape index (κ1) is 16.7. The molecule has 3 nitrogen and oxygen atoms in total. The van der Waals surface area contributed by atoms with E-state index in [4.69, 9.17) is 11.6 Å². The minimum atomic E-state index is -0.0633. The van der Waals surface area contributed by atoms with E-state index in [-0.39, 0.29) is 12.3 Å². The summed E-state index contributed by atoms with van der Waals surface area (Å²) >= 11 is 7.53. The number of carbonyl (C=O) groups excluding carboxylic acids is 1. The number of carbonyl (C=O) groups is 1. The van der Waals surface area contributed by atoms with Crippen LogP contribution >= 0.6 is 22.9 Å². The Morgan fingerprint density at radius 3 is 2.79 bits per heavy atom. The molecule has 0 aliphatic heterocycles. The van der Waals surface area contributed by atoms with Crippen LogP contribution in [0.3, 0.4) is 0 Å². The highest BCUT2D eigenvalue weighted by atomic mass is 35.5. The summed E-state index contributed by atoms with van der Waals surface area (Å²) in [5, 5.41) is 6.42. The number of nitrogens with zero attached hydrogens (tertiary/aromatic N) is 1. The third kappa shape index (κ3) is 3.83. The van der Waals surface area contributed by atoms with Gasteiger partial charge in [-0.15, -0.1) is 11.3 Å². The molecule has 5 heteroatoms. The highest BCUT2D eigenvalue weighted by molar-refractivity contribution is 7.13. The van der Waals surface area contributed by atoms with Crippen LogP contribution in [0, 0.1) is 13.8 Å². The van der Waals surface area contributed by atoms with E-state index < -0.39 is 0 Å². The minimum absolute atomic E-state index is 0.0633. The maximum atomic E-state index is 12.3. The van der Waals surface area contributed by atoms with Gasteiger partial charge in [0.2, 0.25) is 5.91 Å². The fourth-order valence-electron chi connectivity index (χ4n) is 2.39. The molecule has 0 spiro atoms. The van der Waals surface area contributed by atoms with Crippen LogP contribution in [0.2, 0.25) is 5.02 Å². The topological polar surface area (TPSA) is 42.0 Å². The summed E-state index contributed by atoms with van der Waals surface area (Å²) in [5.41, 5.74) is 4.82. The Kier molecular flexibility index (Phi) is 4.97. The SMILES string of the molecule is Cc1cccc(NC(=O)Cc2csc(-c3cccc(Cl)c3)n2)c1C. The van der Waals surface area contributed by atoms with E-state index in [1.165, 1.54) is 11.3 Å². The Balaban J connectivity index is 1.70. The lowest BCUT2D eigenvalue weighted by Gasteiger charge is -2.09. The summed E-state index contributed by atoms with van der Waals surface area (Å²) in [6.45, 7) is 4.04. The maximum absolute atomic E-state index is 12.3. The van der Waals surface area contributed by atoms with Crippen LogP contribution < -0.4 is 5.32 Å². The molecule has 24 heavy (non-hydrogen) atoms. The molecule has 0 aliphatic carbocycles. The third-order valence-electron chi connectivity index (χ3n) is 3.84. The van der Waals surface area contributed by atoms with Crippen LogP contribution in [0.25, 0.3) is 10.6 Å². The first-order valence-electron chi connectivity index (χ1n) is 7.59. The van der Waals surface area contributed by atoms with Crippen LogP contribution in [0.1, 0.15) is 16.8 Å². The largest absolute Gasteiger partial charge is 0.325 e. The summed E-state index contributed by atoms with van der Waals surface area (Å²) < 4.78 is 0. The first-order chi connectivity index (χ1) is 11.5. The van der Waals surface area contributed by atoms with Gasteiger partial charge in [0, 0.05) is 21.7 Å². The predicted octanol–water partition coefficient (Wildman–Crippen LogP) is 5.26. The van der Waals surface area contributed by atoms with Crippen LogP contribution in [0.4, 0.5) is 5.69 Å². The lowest BCUT2D eigenvalue weighted by Crippen LogP contribution is -2.15. The molecule has 3 aromatic rings. The summed E-state index contributed by atoms with van der Waals surface area (Å²) in [6.07, 6.45) is 0.254. The van der Waals surface area contributed by atoms with E-state index in [9.17, 15) is 4.79 Å². The van der Waals surface area contributed by atoms with Gasteiger partial charge < -0.3 is 5.32 Å². The summed E-state index contributed by atoms with van der Waals surface area (Å²) in [4.78, 5) is 16.8. The number of hydrogen-bond acceptors (Lipinski definition) is 3. The average Bonchev–Trinajstić information content (AvgIpc) is 3.00. The molecule has 0 saturated carbocycles. The van der Waals surface area contributed by atoms with Crippen molar-refractivity contribution in [2.45, 2.75) is 20.3 Å². The van der Waals surface area contributed by atoms with Gasteiger partial charge in [0.25, 0.3) is 0 Å². The fraction of sp³-hybridized carbons (Fsp3) is 0.158. The second-order valence-electron chi connectivity index (χ2n) is 5.63. The standard InChI is InChI=1S/C19H17ClN2OS/c1-12-5-3-8-17(13(12)2)22-18(23)10-16-11-24-19(21-16)14-6-4-7-15(20)9-14/h3-9,11H,10H2,1-2H3,(H,22,23). The Morgan fingerprint density at radius 2 is 2.00 bits per heavy atom. The molecule has 0 radical (unpaired) electrons. The number of rotatable bonds is 4. The number of nitrogens with one attached hydrogen (secondary N) is 1. The molecule has 0 atom stereocenters. The molecule has 0 aliphatic rings. The zero-order valence-electron chi connectivity index (χ0n) is 13.5. The van der Waals surface area contributed by atoms with Gasteiger partial charge in [-0.3, -0.25) is 4.79 Å². The van der Waals surface area contributed by atoms with Gasteiger partial charge in [-0.25, -0.2) is 4.98 Å². The quantitative estimate of drug-likeness (QED) is 0.692. The number of aryl methyl sites for hydroxylation is 1. The second-order valence-corrected chi connectivity index (χ2v) is 6.92. The monoisotopic (exact) mass is 356 g/mol. The number of halogens is 1. The zero-order valence-corrected chi connectivity index (χ0v) is 15.0. The third-order valence-corrected chi connectivity index (χ3v) is 5.02. The Morgan fingerprint density at radius 1 is 1.21 bits per heavy atom. The van der Waals surface area contributed by atoms with Crippen molar-refractivity contribution < 1.29 is 4.79 Å². The number of anilines is 1. The van der Waals surface area contributed by atoms with Gasteiger partial charge >= 0.3 is 0 Å². The van der Waals surface area contributed by atoms with Crippen molar-refractivity contribution in [1.29, 1.82) is 0 Å². The molecule has 0 saturated heterocycles. The number of thiazole rings is 1. The van der Waals surface area contributed by atoms with Gasteiger partial charge in [0.1, 0.15) is 5.01 Å². The highest BCUT2D eigenvalue weighted by Crippen LogP contribution is 2.26. The van der Waals surface area contributed by atoms with Crippen molar-refractivity contribution in [1.82, 2.24) is 4.98 Å². The van der Waals surface area contributed by atoms with Crippen molar-refractivity contribution in [3.8, 4) is 10.6 Å². The van der Waals surface area contributed by atoms with Crippen LogP contribution in [0.15, 0.2) is 47.8 Å². The Labute approximate surface area is 150 Å². The van der Waals surface area contributed by atoms with Crippen LogP contribution in [-0.2, 0) is 11.2 Å². The van der Waals surface area contributed by atoms with Crippen molar-refractivity contribution >= 4 is 34.5 Å². The molecule has 0 unspecified atom stereocenters. The molecule has 1 N–H and O–H groups in total. The molecule has 0 bridgehead atoms. The van der Waals surface area contributed by atoms with Crippen molar-refractivity contribution in [3.63, 3.8) is 0 Å². The van der Waals surface area contributed by atoms with Crippen molar-refractivity contribution in [3.05, 3.63) is 69.7 Å². The zero-order chi connectivity index (χ0) is 17.1. The summed E-state index contributed by atoms with van der Waals surface area (Å²) in [5.74, 6) is -0.0633. The maximum Gasteiger partial charge on any atom is 0.230 e. The van der Waals surface area contributed by atoms with Gasteiger partial charge in [0.05, 0.1) is 12.1 Å². The normalized spacial score (nSPS) is 10.6.